The Morgan fingerprint density at radius 2 is 2.24 bits per heavy atom. The van der Waals surface area contributed by atoms with Gasteiger partial charge in [-0.05, 0) is 37.2 Å². The van der Waals surface area contributed by atoms with Crippen LogP contribution in [-0.2, 0) is 6.54 Å². The van der Waals surface area contributed by atoms with Crippen molar-refractivity contribution >= 4 is 23.4 Å². The van der Waals surface area contributed by atoms with Crippen LogP contribution < -0.4 is 5.73 Å². The molecule has 0 aromatic carbocycles. The summed E-state index contributed by atoms with van der Waals surface area (Å²) in [6.07, 6.45) is 1.68. The van der Waals surface area contributed by atoms with E-state index in [1.54, 1.807) is 12.3 Å². The Labute approximate surface area is 109 Å². The van der Waals surface area contributed by atoms with Gasteiger partial charge < -0.3 is 10.2 Å². The third-order valence-electron chi connectivity index (χ3n) is 2.35. The molecule has 4 nitrogen and oxygen atoms in total. The molecule has 2 rings (SSSR count). The number of aromatic nitrogens is 2. The zero-order valence-electron chi connectivity index (χ0n) is 9.53. The fourth-order valence-corrected chi connectivity index (χ4v) is 2.41. The molecule has 2 N–H and O–H groups in total. The number of rotatable bonds is 3. The molecule has 0 unspecified atom stereocenters. The van der Waals surface area contributed by atoms with E-state index in [0.29, 0.717) is 21.8 Å². The predicted molar refractivity (Wildman–Crippen MR) is 67.2 cm³/mol. The van der Waals surface area contributed by atoms with Gasteiger partial charge in [0.2, 0.25) is 0 Å². The van der Waals surface area contributed by atoms with Crippen molar-refractivity contribution in [3.05, 3.63) is 34.3 Å². The number of pyridine rings is 1. The Hall–Kier alpha value is -1.04. The number of hydrogen-bond donors (Lipinski definition) is 1. The second-order valence-electron chi connectivity index (χ2n) is 3.52. The topological polar surface area (TPSA) is 64.9 Å². The molecule has 0 aliphatic carbocycles. The van der Waals surface area contributed by atoms with Crippen molar-refractivity contribution in [2.24, 2.45) is 5.73 Å². The minimum atomic E-state index is 0.387. The van der Waals surface area contributed by atoms with Crippen LogP contribution in [0.1, 0.15) is 17.0 Å². The molecule has 0 radical (unpaired) electrons. The molecule has 0 aliphatic heterocycles. The number of hydrogen-bond acceptors (Lipinski definition) is 5. The Kier molecular flexibility index (Phi) is 3.71. The lowest BCUT2D eigenvalue weighted by Crippen LogP contribution is -1.98. The normalized spacial score (nSPS) is 10.8. The van der Waals surface area contributed by atoms with Gasteiger partial charge in [0.25, 0.3) is 5.22 Å². The van der Waals surface area contributed by atoms with Crippen molar-refractivity contribution in [1.82, 2.24) is 9.97 Å². The summed E-state index contributed by atoms with van der Waals surface area (Å²) in [5.41, 5.74) is 7.32. The Morgan fingerprint density at radius 3 is 2.82 bits per heavy atom. The fraction of sp³-hybridized carbons (Fsp3) is 0.273. The maximum absolute atomic E-state index is 6.17. The molecular weight excluding hydrogens is 258 g/mol. The van der Waals surface area contributed by atoms with E-state index in [1.165, 1.54) is 11.8 Å². The van der Waals surface area contributed by atoms with Gasteiger partial charge in [-0.2, -0.15) is 0 Å². The molecule has 0 saturated heterocycles. The Morgan fingerprint density at radius 1 is 1.47 bits per heavy atom. The second-order valence-corrected chi connectivity index (χ2v) is 4.83. The van der Waals surface area contributed by atoms with E-state index >= 15 is 0 Å². The molecular formula is C11H12ClN3OS. The fourth-order valence-electron chi connectivity index (χ4n) is 1.26. The highest BCUT2D eigenvalue weighted by Crippen LogP contribution is 2.33. The Bertz CT molecular complexity index is 522. The lowest BCUT2D eigenvalue weighted by Gasteiger charge is -2.04. The van der Waals surface area contributed by atoms with Crippen LogP contribution >= 0.6 is 23.4 Å². The summed E-state index contributed by atoms with van der Waals surface area (Å²) in [5, 5.41) is 1.77. The lowest BCUT2D eigenvalue weighted by atomic mass is 10.3. The van der Waals surface area contributed by atoms with E-state index in [2.05, 4.69) is 9.97 Å². The summed E-state index contributed by atoms with van der Waals surface area (Å²) < 4.78 is 5.47. The molecule has 2 aromatic heterocycles. The van der Waals surface area contributed by atoms with Crippen LogP contribution in [0.2, 0.25) is 5.02 Å². The highest BCUT2D eigenvalue weighted by atomic mass is 35.5. The average Bonchev–Trinajstić information content (AvgIpc) is 2.61. The van der Waals surface area contributed by atoms with Crippen LogP contribution in [0, 0.1) is 13.8 Å². The highest BCUT2D eigenvalue weighted by molar-refractivity contribution is 7.99. The molecule has 0 fully saturated rings. The van der Waals surface area contributed by atoms with Gasteiger partial charge in [-0.1, -0.05) is 11.6 Å². The van der Waals surface area contributed by atoms with Gasteiger partial charge in [0.15, 0.2) is 0 Å². The first-order valence-electron chi connectivity index (χ1n) is 5.07. The van der Waals surface area contributed by atoms with Gasteiger partial charge in [-0.15, -0.1) is 0 Å². The van der Waals surface area contributed by atoms with Gasteiger partial charge in [-0.3, -0.25) is 0 Å². The minimum absolute atomic E-state index is 0.387. The quantitative estimate of drug-likeness (QED) is 0.928. The molecule has 6 heteroatoms. The summed E-state index contributed by atoms with van der Waals surface area (Å²) in [5.74, 6) is 0.804. The van der Waals surface area contributed by atoms with E-state index in [9.17, 15) is 0 Å². The van der Waals surface area contributed by atoms with E-state index < -0.39 is 0 Å². The van der Waals surface area contributed by atoms with Crippen molar-refractivity contribution in [2.45, 2.75) is 30.6 Å². The molecule has 0 saturated carbocycles. The van der Waals surface area contributed by atoms with Crippen molar-refractivity contribution < 1.29 is 4.42 Å². The molecule has 0 aliphatic rings. The Balaban J connectivity index is 2.30. The second kappa shape index (κ2) is 5.08. The van der Waals surface area contributed by atoms with Gasteiger partial charge in [0.1, 0.15) is 10.8 Å². The number of aryl methyl sites for hydroxylation is 2. The van der Waals surface area contributed by atoms with Gasteiger partial charge in [-0.25, -0.2) is 9.97 Å². The summed E-state index contributed by atoms with van der Waals surface area (Å²) in [6.45, 7) is 4.16. The maximum atomic E-state index is 6.17. The molecule has 90 valence electrons. The zero-order chi connectivity index (χ0) is 12.4. The van der Waals surface area contributed by atoms with E-state index in [1.807, 2.05) is 13.8 Å². The van der Waals surface area contributed by atoms with Crippen molar-refractivity contribution in [3.63, 3.8) is 0 Å². The molecule has 2 aromatic rings. The summed E-state index contributed by atoms with van der Waals surface area (Å²) in [6, 6.07) is 1.80. The van der Waals surface area contributed by atoms with Crippen LogP contribution in [0.4, 0.5) is 0 Å². The maximum Gasteiger partial charge on any atom is 0.262 e. The third kappa shape index (κ3) is 2.62. The number of nitrogens with two attached hydrogens (primary N) is 1. The van der Waals surface area contributed by atoms with Gasteiger partial charge >= 0.3 is 0 Å². The van der Waals surface area contributed by atoms with E-state index in [-0.39, 0.29) is 0 Å². The molecule has 0 atom stereocenters. The summed E-state index contributed by atoms with van der Waals surface area (Å²) >= 11 is 7.47. The van der Waals surface area contributed by atoms with Crippen molar-refractivity contribution in [1.29, 1.82) is 0 Å². The van der Waals surface area contributed by atoms with Crippen LogP contribution in [0.3, 0.4) is 0 Å². The van der Waals surface area contributed by atoms with Crippen LogP contribution in [0.5, 0.6) is 0 Å². The van der Waals surface area contributed by atoms with E-state index in [0.717, 1.165) is 17.0 Å². The molecule has 0 amide bonds. The minimum Gasteiger partial charge on any atom is -0.436 e. The highest BCUT2D eigenvalue weighted by Gasteiger charge is 2.12. The average molecular weight is 270 g/mol. The SMILES string of the molecule is Cc1nc(Sc2nccc(CN)c2Cl)oc1C. The number of oxazole rings is 1. The van der Waals surface area contributed by atoms with Crippen LogP contribution in [0.25, 0.3) is 0 Å². The van der Waals surface area contributed by atoms with Crippen LogP contribution in [-0.4, -0.2) is 9.97 Å². The molecule has 2 heterocycles. The largest absolute Gasteiger partial charge is 0.436 e. The van der Waals surface area contributed by atoms with E-state index in [4.69, 9.17) is 21.8 Å². The zero-order valence-corrected chi connectivity index (χ0v) is 11.1. The summed E-state index contributed by atoms with van der Waals surface area (Å²) in [4.78, 5) is 8.47. The van der Waals surface area contributed by atoms with Gasteiger partial charge in [0.05, 0.1) is 10.7 Å². The number of halogens is 1. The van der Waals surface area contributed by atoms with Crippen molar-refractivity contribution in [2.75, 3.05) is 0 Å². The number of nitrogens with zero attached hydrogens (tertiary/aromatic N) is 2. The molecule has 0 bridgehead atoms. The van der Waals surface area contributed by atoms with Crippen LogP contribution in [0.15, 0.2) is 26.9 Å². The first-order valence-corrected chi connectivity index (χ1v) is 6.26. The third-order valence-corrected chi connectivity index (χ3v) is 3.74. The predicted octanol–water partition coefficient (Wildman–Crippen LogP) is 2.95. The van der Waals surface area contributed by atoms with Gasteiger partial charge in [0, 0.05) is 12.7 Å². The first kappa shape index (κ1) is 12.4. The monoisotopic (exact) mass is 269 g/mol. The standard InChI is InChI=1S/C11H12ClN3OS/c1-6-7(2)16-11(15-6)17-10-9(12)8(5-13)3-4-14-10/h3-4H,5,13H2,1-2H3. The molecule has 0 spiro atoms. The van der Waals surface area contributed by atoms with Crippen molar-refractivity contribution in [3.8, 4) is 0 Å². The summed E-state index contributed by atoms with van der Waals surface area (Å²) in [7, 11) is 0. The smallest absolute Gasteiger partial charge is 0.262 e. The molecule has 17 heavy (non-hydrogen) atoms. The lowest BCUT2D eigenvalue weighted by molar-refractivity contribution is 0.431. The first-order chi connectivity index (χ1) is 8.11.